The van der Waals surface area contributed by atoms with Gasteiger partial charge in [-0.25, -0.2) is 4.98 Å². The first-order valence-corrected chi connectivity index (χ1v) is 7.14. The second-order valence-corrected chi connectivity index (χ2v) is 5.48. The zero-order chi connectivity index (χ0) is 13.2. The number of hydrogen-bond acceptors (Lipinski definition) is 2. The number of nitrogens with two attached hydrogens (primary N) is 1. The summed E-state index contributed by atoms with van der Waals surface area (Å²) in [6, 6.07) is 8.34. The third-order valence-corrected chi connectivity index (χ3v) is 4.13. The van der Waals surface area contributed by atoms with Crippen LogP contribution < -0.4 is 5.73 Å². The number of H-pyrrole nitrogens is 1. The minimum atomic E-state index is 0.588. The topological polar surface area (TPSA) is 54.7 Å². The third kappa shape index (κ3) is 2.43. The van der Waals surface area contributed by atoms with E-state index < -0.39 is 0 Å². The molecule has 0 amide bonds. The minimum Gasteiger partial charge on any atom is -0.342 e. The van der Waals surface area contributed by atoms with Crippen molar-refractivity contribution in [3.63, 3.8) is 0 Å². The van der Waals surface area contributed by atoms with E-state index in [1.54, 1.807) is 0 Å². The van der Waals surface area contributed by atoms with Crippen LogP contribution >= 0.6 is 0 Å². The lowest BCUT2D eigenvalue weighted by atomic mass is 10.0. The molecule has 1 saturated carbocycles. The zero-order valence-corrected chi connectivity index (χ0v) is 11.4. The highest BCUT2D eigenvalue weighted by atomic mass is 14.9. The Bertz CT molecular complexity index is 548. The molecule has 0 atom stereocenters. The van der Waals surface area contributed by atoms with Crippen molar-refractivity contribution in [3.05, 3.63) is 41.2 Å². The molecule has 1 aromatic carbocycles. The maximum absolute atomic E-state index is 5.63. The summed E-state index contributed by atoms with van der Waals surface area (Å²) >= 11 is 0. The lowest BCUT2D eigenvalue weighted by Gasteiger charge is -2.05. The van der Waals surface area contributed by atoms with Crippen LogP contribution in [0.15, 0.2) is 24.3 Å². The number of aromatic amines is 1. The Morgan fingerprint density at radius 1 is 1.21 bits per heavy atom. The Balaban J connectivity index is 1.90. The highest BCUT2D eigenvalue weighted by Gasteiger charge is 2.22. The smallest absolute Gasteiger partial charge is 0.137 e. The van der Waals surface area contributed by atoms with Crippen molar-refractivity contribution < 1.29 is 0 Å². The van der Waals surface area contributed by atoms with E-state index in [4.69, 9.17) is 10.7 Å². The maximum Gasteiger partial charge on any atom is 0.137 e. The number of rotatable bonds is 3. The fourth-order valence-corrected chi connectivity index (χ4v) is 3.01. The number of imidazole rings is 1. The Morgan fingerprint density at radius 3 is 2.53 bits per heavy atom. The molecule has 1 aromatic heterocycles. The van der Waals surface area contributed by atoms with Crippen molar-refractivity contribution in [3.8, 4) is 11.4 Å². The van der Waals surface area contributed by atoms with Gasteiger partial charge in [0.2, 0.25) is 0 Å². The van der Waals surface area contributed by atoms with E-state index in [0.29, 0.717) is 12.5 Å². The second-order valence-electron chi connectivity index (χ2n) is 5.48. The first-order chi connectivity index (χ1) is 9.28. The van der Waals surface area contributed by atoms with E-state index >= 15 is 0 Å². The van der Waals surface area contributed by atoms with Crippen LogP contribution in [0.25, 0.3) is 11.4 Å². The van der Waals surface area contributed by atoms with E-state index in [1.807, 2.05) is 0 Å². The van der Waals surface area contributed by atoms with Crippen LogP contribution in [0.1, 0.15) is 48.6 Å². The van der Waals surface area contributed by atoms with Crippen LogP contribution in [0.5, 0.6) is 0 Å². The second kappa shape index (κ2) is 5.17. The molecule has 3 rings (SSSR count). The summed E-state index contributed by atoms with van der Waals surface area (Å²) in [6.45, 7) is 2.73. The largest absolute Gasteiger partial charge is 0.342 e. The SMILES string of the molecule is Cc1[nH]c(-c2ccc(CN)cc2)nc1C1CCCC1. The van der Waals surface area contributed by atoms with Gasteiger partial charge in [0.15, 0.2) is 0 Å². The van der Waals surface area contributed by atoms with Crippen molar-refractivity contribution in [2.75, 3.05) is 0 Å². The van der Waals surface area contributed by atoms with Crippen LogP contribution in [0.2, 0.25) is 0 Å². The minimum absolute atomic E-state index is 0.588. The quantitative estimate of drug-likeness (QED) is 0.882. The van der Waals surface area contributed by atoms with Gasteiger partial charge in [0, 0.05) is 23.7 Å². The van der Waals surface area contributed by atoms with Gasteiger partial charge >= 0.3 is 0 Å². The van der Waals surface area contributed by atoms with Gasteiger partial charge in [-0.2, -0.15) is 0 Å². The predicted octanol–water partition coefficient (Wildman–Crippen LogP) is 3.50. The van der Waals surface area contributed by atoms with Crippen molar-refractivity contribution >= 4 is 0 Å². The molecule has 1 aliphatic rings. The molecule has 100 valence electrons. The number of nitrogens with zero attached hydrogens (tertiary/aromatic N) is 1. The Morgan fingerprint density at radius 2 is 1.89 bits per heavy atom. The number of hydrogen-bond donors (Lipinski definition) is 2. The molecule has 0 aliphatic heterocycles. The lowest BCUT2D eigenvalue weighted by molar-refractivity contribution is 0.697. The molecule has 1 heterocycles. The van der Waals surface area contributed by atoms with Crippen molar-refractivity contribution in [1.82, 2.24) is 9.97 Å². The number of aryl methyl sites for hydroxylation is 1. The number of nitrogens with one attached hydrogen (secondary N) is 1. The van der Waals surface area contributed by atoms with Crippen LogP contribution in [-0.2, 0) is 6.54 Å². The van der Waals surface area contributed by atoms with Crippen LogP contribution in [0, 0.1) is 6.92 Å². The molecule has 1 aliphatic carbocycles. The summed E-state index contributed by atoms with van der Waals surface area (Å²) in [5.41, 5.74) is 10.4. The average Bonchev–Trinajstić information content (AvgIpc) is 3.08. The van der Waals surface area contributed by atoms with E-state index in [0.717, 1.165) is 17.0 Å². The van der Waals surface area contributed by atoms with Crippen LogP contribution in [0.3, 0.4) is 0 Å². The Kier molecular flexibility index (Phi) is 3.38. The van der Waals surface area contributed by atoms with Gasteiger partial charge in [-0.05, 0) is 25.3 Å². The van der Waals surface area contributed by atoms with Gasteiger partial charge in [-0.3, -0.25) is 0 Å². The summed E-state index contributed by atoms with van der Waals surface area (Å²) in [4.78, 5) is 8.26. The van der Waals surface area contributed by atoms with Crippen molar-refractivity contribution in [1.29, 1.82) is 0 Å². The summed E-state index contributed by atoms with van der Waals surface area (Å²) in [5.74, 6) is 1.65. The Labute approximate surface area is 114 Å². The molecular formula is C16H21N3. The molecule has 19 heavy (non-hydrogen) atoms. The lowest BCUT2D eigenvalue weighted by Crippen LogP contribution is -1.95. The number of aromatic nitrogens is 2. The van der Waals surface area contributed by atoms with Gasteiger partial charge in [0.1, 0.15) is 5.82 Å². The summed E-state index contributed by atoms with van der Waals surface area (Å²) < 4.78 is 0. The van der Waals surface area contributed by atoms with Crippen molar-refractivity contribution in [2.24, 2.45) is 5.73 Å². The van der Waals surface area contributed by atoms with Gasteiger partial charge in [0.25, 0.3) is 0 Å². The molecule has 0 bridgehead atoms. The fourth-order valence-electron chi connectivity index (χ4n) is 3.01. The predicted molar refractivity (Wildman–Crippen MR) is 77.9 cm³/mol. The van der Waals surface area contributed by atoms with Crippen LogP contribution in [-0.4, -0.2) is 9.97 Å². The normalized spacial score (nSPS) is 16.1. The average molecular weight is 255 g/mol. The van der Waals surface area contributed by atoms with E-state index in [-0.39, 0.29) is 0 Å². The molecule has 3 nitrogen and oxygen atoms in total. The first-order valence-electron chi connectivity index (χ1n) is 7.14. The molecular weight excluding hydrogens is 234 g/mol. The fraction of sp³-hybridized carbons (Fsp3) is 0.438. The van der Waals surface area contributed by atoms with E-state index in [9.17, 15) is 0 Å². The molecule has 3 N–H and O–H groups in total. The molecule has 1 fully saturated rings. The van der Waals surface area contributed by atoms with Crippen LogP contribution in [0.4, 0.5) is 0 Å². The van der Waals surface area contributed by atoms with Crippen molar-refractivity contribution in [2.45, 2.75) is 45.1 Å². The standard InChI is InChI=1S/C16H21N3/c1-11-15(13-4-2-3-5-13)19-16(18-11)14-8-6-12(10-17)7-9-14/h6-9,13H,2-5,10,17H2,1H3,(H,18,19). The van der Waals surface area contributed by atoms with Gasteiger partial charge in [-0.15, -0.1) is 0 Å². The van der Waals surface area contributed by atoms with Gasteiger partial charge in [-0.1, -0.05) is 37.1 Å². The highest BCUT2D eigenvalue weighted by molar-refractivity contribution is 5.56. The molecule has 0 unspecified atom stereocenters. The molecule has 2 aromatic rings. The Hall–Kier alpha value is -1.61. The molecule has 0 spiro atoms. The molecule has 0 saturated heterocycles. The third-order valence-electron chi connectivity index (χ3n) is 4.13. The summed E-state index contributed by atoms with van der Waals surface area (Å²) in [6.07, 6.45) is 5.27. The monoisotopic (exact) mass is 255 g/mol. The highest BCUT2D eigenvalue weighted by Crippen LogP contribution is 2.35. The summed E-state index contributed by atoms with van der Waals surface area (Å²) in [7, 11) is 0. The first kappa shape index (κ1) is 12.4. The number of benzene rings is 1. The van der Waals surface area contributed by atoms with Gasteiger partial charge in [0.05, 0.1) is 5.69 Å². The van der Waals surface area contributed by atoms with E-state index in [2.05, 4.69) is 36.2 Å². The van der Waals surface area contributed by atoms with E-state index in [1.165, 1.54) is 37.1 Å². The summed E-state index contributed by atoms with van der Waals surface area (Å²) in [5, 5.41) is 0. The van der Waals surface area contributed by atoms with Gasteiger partial charge < -0.3 is 10.7 Å². The molecule has 0 radical (unpaired) electrons. The zero-order valence-electron chi connectivity index (χ0n) is 11.4. The maximum atomic E-state index is 5.63. The molecule has 3 heteroatoms.